The fraction of sp³-hybridized carbons (Fsp3) is 0.643. The molecule has 21 heavy (non-hydrogen) atoms. The van der Waals surface area contributed by atoms with E-state index in [2.05, 4.69) is 16.6 Å². The fourth-order valence-corrected chi connectivity index (χ4v) is 1.80. The van der Waals surface area contributed by atoms with Gasteiger partial charge >= 0.3 is 5.97 Å². The van der Waals surface area contributed by atoms with Crippen LogP contribution in [0.5, 0.6) is 0 Å². The minimum Gasteiger partial charge on any atom is -0.464 e. The maximum atomic E-state index is 12.0. The highest BCUT2D eigenvalue weighted by Crippen LogP contribution is 2.09. The third-order valence-corrected chi connectivity index (χ3v) is 2.92. The monoisotopic (exact) mass is 298 g/mol. The third kappa shape index (κ3) is 5.55. The Hall–Kier alpha value is -1.89. The molecule has 0 aliphatic rings. The molecule has 0 aliphatic carbocycles. The molecule has 0 radical (unpaired) electrons. The lowest BCUT2D eigenvalue weighted by Gasteiger charge is -2.20. The molecule has 0 saturated heterocycles. The zero-order chi connectivity index (χ0) is 15.7. The Balaban J connectivity index is 2.68. The number of aromatic nitrogens is 1. The molecule has 0 aromatic carbocycles. The van der Waals surface area contributed by atoms with Crippen molar-refractivity contribution in [2.45, 2.75) is 32.7 Å². The van der Waals surface area contributed by atoms with E-state index < -0.39 is 5.97 Å². The number of esters is 1. The van der Waals surface area contributed by atoms with Crippen LogP contribution in [0.25, 0.3) is 0 Å². The van der Waals surface area contributed by atoms with Crippen molar-refractivity contribution in [3.63, 3.8) is 0 Å². The minimum absolute atomic E-state index is 0.0106. The van der Waals surface area contributed by atoms with E-state index in [0.29, 0.717) is 12.4 Å². The first-order valence-corrected chi connectivity index (χ1v) is 6.91. The van der Waals surface area contributed by atoms with Crippen molar-refractivity contribution in [3.8, 4) is 0 Å². The van der Waals surface area contributed by atoms with Gasteiger partial charge in [0.25, 0.3) is 0 Å². The maximum absolute atomic E-state index is 12.0. The summed E-state index contributed by atoms with van der Waals surface area (Å²) >= 11 is 0. The van der Waals surface area contributed by atoms with Crippen molar-refractivity contribution in [3.05, 3.63) is 17.8 Å². The first-order chi connectivity index (χ1) is 10.1. The van der Waals surface area contributed by atoms with E-state index >= 15 is 0 Å². The lowest BCUT2D eigenvalue weighted by molar-refractivity contribution is -0.136. The summed E-state index contributed by atoms with van der Waals surface area (Å²) < 4.78 is 14.6. The number of rotatable bonds is 9. The van der Waals surface area contributed by atoms with Gasteiger partial charge < -0.3 is 18.8 Å². The number of hydrogen-bond donors (Lipinski definition) is 0. The Morgan fingerprint density at radius 1 is 1.33 bits per heavy atom. The summed E-state index contributed by atoms with van der Waals surface area (Å²) in [5.74, 6) is -0.395. The van der Waals surface area contributed by atoms with Gasteiger partial charge in [-0.2, -0.15) is 0 Å². The smallest absolute Gasteiger partial charge is 0.360 e. The quantitative estimate of drug-likeness (QED) is 0.509. The molecule has 118 valence electrons. The summed E-state index contributed by atoms with van der Waals surface area (Å²) in [6.07, 6.45) is 4.23. The Kier molecular flexibility index (Phi) is 7.45. The van der Waals surface area contributed by atoms with Gasteiger partial charge in [-0.25, -0.2) is 9.78 Å². The molecular weight excluding hydrogens is 276 g/mol. The Morgan fingerprint density at radius 3 is 2.71 bits per heavy atom. The molecule has 1 amide bonds. The van der Waals surface area contributed by atoms with E-state index in [1.54, 1.807) is 4.90 Å². The largest absolute Gasteiger partial charge is 0.464 e. The number of ether oxygens (including phenoxy) is 2. The average Bonchev–Trinajstić information content (AvgIpc) is 2.94. The molecule has 7 heteroatoms. The molecule has 0 spiro atoms. The average molecular weight is 298 g/mol. The van der Waals surface area contributed by atoms with Crippen LogP contribution in [0.2, 0.25) is 0 Å². The van der Waals surface area contributed by atoms with Gasteiger partial charge in [-0.15, -0.1) is 0 Å². The number of carbonyl (C=O) groups is 2. The van der Waals surface area contributed by atoms with Crippen LogP contribution in [0.3, 0.4) is 0 Å². The van der Waals surface area contributed by atoms with Crippen molar-refractivity contribution in [2.24, 2.45) is 0 Å². The van der Waals surface area contributed by atoms with Crippen LogP contribution >= 0.6 is 0 Å². The van der Waals surface area contributed by atoms with Gasteiger partial charge in [-0.05, 0) is 6.42 Å². The van der Waals surface area contributed by atoms with Gasteiger partial charge in [-0.1, -0.05) is 19.8 Å². The van der Waals surface area contributed by atoms with E-state index in [4.69, 9.17) is 9.15 Å². The SMILES string of the molecule is CCCCCN(Cc1nc(C(=O)OC)co1)C(=O)COC. The van der Waals surface area contributed by atoms with E-state index in [1.165, 1.54) is 20.5 Å². The Labute approximate surface area is 124 Å². The van der Waals surface area contributed by atoms with Gasteiger partial charge in [0.15, 0.2) is 5.69 Å². The summed E-state index contributed by atoms with van der Waals surface area (Å²) in [7, 11) is 2.75. The molecule has 0 unspecified atom stereocenters. The lowest BCUT2D eigenvalue weighted by atomic mass is 10.2. The van der Waals surface area contributed by atoms with Crippen LogP contribution in [-0.2, 0) is 20.8 Å². The number of amides is 1. The maximum Gasteiger partial charge on any atom is 0.360 e. The van der Waals surface area contributed by atoms with Gasteiger partial charge in [-0.3, -0.25) is 4.79 Å². The highest BCUT2D eigenvalue weighted by molar-refractivity contribution is 5.86. The first kappa shape index (κ1) is 17.2. The summed E-state index contributed by atoms with van der Waals surface area (Å²) in [6.45, 7) is 2.92. The van der Waals surface area contributed by atoms with Gasteiger partial charge in [0.05, 0.1) is 13.7 Å². The molecule has 0 N–H and O–H groups in total. The molecule has 1 aromatic rings. The third-order valence-electron chi connectivity index (χ3n) is 2.92. The van der Waals surface area contributed by atoms with E-state index in [9.17, 15) is 9.59 Å². The zero-order valence-corrected chi connectivity index (χ0v) is 12.8. The predicted octanol–water partition coefficient (Wildman–Crippen LogP) is 1.63. The number of carbonyl (C=O) groups excluding carboxylic acids is 2. The molecule has 0 bridgehead atoms. The molecule has 0 aliphatic heterocycles. The van der Waals surface area contributed by atoms with Crippen molar-refractivity contribution in [1.82, 2.24) is 9.88 Å². The topological polar surface area (TPSA) is 81.9 Å². The van der Waals surface area contributed by atoms with Crippen LogP contribution in [0, 0.1) is 0 Å². The van der Waals surface area contributed by atoms with Crippen molar-refractivity contribution in [2.75, 3.05) is 27.4 Å². The van der Waals surface area contributed by atoms with Gasteiger partial charge in [0, 0.05) is 13.7 Å². The highest BCUT2D eigenvalue weighted by atomic mass is 16.5. The van der Waals surface area contributed by atoms with E-state index in [-0.39, 0.29) is 24.8 Å². The van der Waals surface area contributed by atoms with Crippen molar-refractivity contribution in [1.29, 1.82) is 0 Å². The second-order valence-corrected chi connectivity index (χ2v) is 4.57. The zero-order valence-electron chi connectivity index (χ0n) is 12.8. The molecule has 1 rings (SSSR count). The molecule has 7 nitrogen and oxygen atoms in total. The van der Waals surface area contributed by atoms with E-state index in [1.807, 2.05) is 0 Å². The van der Waals surface area contributed by atoms with Crippen LogP contribution in [-0.4, -0.2) is 49.1 Å². The van der Waals surface area contributed by atoms with Crippen LogP contribution in [0.1, 0.15) is 42.6 Å². The standard InChI is InChI=1S/C14H22N2O5/c1-4-5-6-7-16(13(17)10-19-2)8-12-15-11(9-21-12)14(18)20-3/h9H,4-8,10H2,1-3H3. The highest BCUT2D eigenvalue weighted by Gasteiger charge is 2.18. The molecule has 1 heterocycles. The molecule has 0 fully saturated rings. The van der Waals surface area contributed by atoms with E-state index in [0.717, 1.165) is 19.3 Å². The van der Waals surface area contributed by atoms with Crippen molar-refractivity contribution >= 4 is 11.9 Å². The Bertz CT molecular complexity index is 458. The second-order valence-electron chi connectivity index (χ2n) is 4.57. The normalized spacial score (nSPS) is 10.4. The molecule has 0 atom stereocenters. The number of methoxy groups -OCH3 is 2. The lowest BCUT2D eigenvalue weighted by Crippen LogP contribution is -2.34. The summed E-state index contributed by atoms with van der Waals surface area (Å²) in [5.41, 5.74) is 0.0974. The Morgan fingerprint density at radius 2 is 2.10 bits per heavy atom. The number of hydrogen-bond acceptors (Lipinski definition) is 6. The minimum atomic E-state index is -0.564. The van der Waals surface area contributed by atoms with Crippen LogP contribution < -0.4 is 0 Å². The first-order valence-electron chi connectivity index (χ1n) is 6.91. The van der Waals surface area contributed by atoms with Crippen molar-refractivity contribution < 1.29 is 23.5 Å². The van der Waals surface area contributed by atoms with Gasteiger partial charge in [0.1, 0.15) is 12.9 Å². The molecular formula is C14H22N2O5. The summed E-state index contributed by atoms with van der Waals surface area (Å²) in [6, 6.07) is 0. The second kappa shape index (κ2) is 9.12. The summed E-state index contributed by atoms with van der Waals surface area (Å²) in [5, 5.41) is 0. The van der Waals surface area contributed by atoms with Crippen LogP contribution in [0.4, 0.5) is 0 Å². The molecule has 1 aromatic heterocycles. The number of oxazole rings is 1. The summed E-state index contributed by atoms with van der Waals surface area (Å²) in [4.78, 5) is 28.9. The fourth-order valence-electron chi connectivity index (χ4n) is 1.80. The predicted molar refractivity (Wildman–Crippen MR) is 74.7 cm³/mol. The van der Waals surface area contributed by atoms with Gasteiger partial charge in [0.2, 0.25) is 11.8 Å². The number of unbranched alkanes of at least 4 members (excludes halogenated alkanes) is 2. The number of nitrogens with zero attached hydrogens (tertiary/aromatic N) is 2. The van der Waals surface area contributed by atoms with Crippen LogP contribution in [0.15, 0.2) is 10.7 Å². The molecule has 0 saturated carbocycles.